The summed E-state index contributed by atoms with van der Waals surface area (Å²) in [5, 5.41) is 0.295. The van der Waals surface area contributed by atoms with Gasteiger partial charge >= 0.3 is 0 Å². The molecule has 1 heterocycles. The Morgan fingerprint density at radius 2 is 1.48 bits per heavy atom. The van der Waals surface area contributed by atoms with Crippen molar-refractivity contribution < 1.29 is 14.3 Å². The van der Waals surface area contributed by atoms with Crippen LogP contribution in [0.5, 0.6) is 11.5 Å². The maximum absolute atomic E-state index is 12.4. The molecule has 0 radical (unpaired) electrons. The molecule has 3 aromatic rings. The van der Waals surface area contributed by atoms with Crippen LogP contribution in [0.2, 0.25) is 0 Å². The molecular formula is C19H16N2O3S. The molecular weight excluding hydrogens is 336 g/mol. The van der Waals surface area contributed by atoms with Crippen molar-refractivity contribution >= 4 is 16.9 Å². The van der Waals surface area contributed by atoms with Crippen LogP contribution in [0.1, 0.15) is 10.4 Å². The summed E-state index contributed by atoms with van der Waals surface area (Å²) < 4.78 is 10.3. The zero-order valence-electron chi connectivity index (χ0n) is 13.8. The van der Waals surface area contributed by atoms with E-state index in [4.69, 9.17) is 9.47 Å². The number of nitrogens with zero attached hydrogens (tertiary/aromatic N) is 2. The molecule has 0 saturated heterocycles. The molecule has 3 rings (SSSR count). The molecule has 0 spiro atoms. The Morgan fingerprint density at radius 1 is 0.880 bits per heavy atom. The number of methoxy groups -OCH3 is 2. The highest BCUT2D eigenvalue weighted by Gasteiger charge is 2.11. The Kier molecular flexibility index (Phi) is 5.30. The summed E-state index contributed by atoms with van der Waals surface area (Å²) in [4.78, 5) is 21.0. The quantitative estimate of drug-likeness (QED) is 0.509. The third kappa shape index (κ3) is 4.16. The van der Waals surface area contributed by atoms with Crippen molar-refractivity contribution in [3.63, 3.8) is 0 Å². The Labute approximate surface area is 150 Å². The fourth-order valence-corrected chi connectivity index (χ4v) is 2.86. The maximum Gasteiger partial charge on any atom is 0.227 e. The Bertz CT molecular complexity index is 865. The van der Waals surface area contributed by atoms with E-state index in [1.807, 2.05) is 30.3 Å². The molecule has 0 N–H and O–H groups in total. The zero-order chi connectivity index (χ0) is 17.6. The Morgan fingerprint density at radius 3 is 2.08 bits per heavy atom. The van der Waals surface area contributed by atoms with Gasteiger partial charge in [0.05, 0.1) is 19.9 Å². The molecule has 0 fully saturated rings. The first-order valence-corrected chi connectivity index (χ1v) is 8.35. The number of rotatable bonds is 5. The van der Waals surface area contributed by atoms with Gasteiger partial charge in [-0.25, -0.2) is 9.97 Å². The van der Waals surface area contributed by atoms with Gasteiger partial charge in [-0.05, 0) is 66.4 Å². The van der Waals surface area contributed by atoms with Gasteiger partial charge in [-0.15, -0.1) is 0 Å². The lowest BCUT2D eigenvalue weighted by molar-refractivity contribution is 0.108. The summed E-state index contributed by atoms with van der Waals surface area (Å²) in [5.74, 6) is 1.49. The predicted octanol–water partition coefficient (Wildman–Crippen LogP) is 4.09. The van der Waals surface area contributed by atoms with Crippen LogP contribution < -0.4 is 9.47 Å². The lowest BCUT2D eigenvalue weighted by atomic mass is 10.1. The molecule has 5 nitrogen and oxygen atoms in total. The van der Waals surface area contributed by atoms with Crippen LogP contribution in [0.15, 0.2) is 66.0 Å². The minimum atomic E-state index is -0.116. The molecule has 0 aliphatic carbocycles. The molecule has 0 unspecified atom stereocenters. The van der Waals surface area contributed by atoms with E-state index in [-0.39, 0.29) is 5.12 Å². The zero-order valence-corrected chi connectivity index (χ0v) is 14.6. The standard InChI is InChI=1S/C19H16N2O3S/c1-23-15-7-3-13(4-8-15)17-11-12-20-19(21-17)25-18(22)14-5-9-16(24-2)10-6-14/h3-12H,1-2H3. The second-order valence-corrected chi connectivity index (χ2v) is 6.01. The Hall–Kier alpha value is -2.86. The van der Waals surface area contributed by atoms with Crippen LogP contribution in [0, 0.1) is 0 Å². The van der Waals surface area contributed by atoms with Crippen LogP contribution in [0.25, 0.3) is 11.3 Å². The van der Waals surface area contributed by atoms with Crippen molar-refractivity contribution in [3.05, 3.63) is 66.4 Å². The van der Waals surface area contributed by atoms with Gasteiger partial charge in [-0.3, -0.25) is 4.79 Å². The average molecular weight is 352 g/mol. The van der Waals surface area contributed by atoms with Gasteiger partial charge in [0.15, 0.2) is 5.16 Å². The van der Waals surface area contributed by atoms with E-state index in [2.05, 4.69) is 9.97 Å². The second-order valence-electron chi connectivity index (χ2n) is 5.07. The van der Waals surface area contributed by atoms with Crippen LogP contribution in [-0.2, 0) is 0 Å². The molecule has 0 saturated carbocycles. The average Bonchev–Trinajstić information content (AvgIpc) is 2.68. The number of hydrogen-bond acceptors (Lipinski definition) is 6. The highest BCUT2D eigenvalue weighted by molar-refractivity contribution is 8.14. The topological polar surface area (TPSA) is 61.3 Å². The first-order chi connectivity index (χ1) is 12.2. The number of thioether (sulfide) groups is 1. The van der Waals surface area contributed by atoms with E-state index >= 15 is 0 Å². The minimum absolute atomic E-state index is 0.116. The van der Waals surface area contributed by atoms with E-state index in [0.29, 0.717) is 16.5 Å². The van der Waals surface area contributed by atoms with Crippen LogP contribution in [-0.4, -0.2) is 29.3 Å². The van der Waals surface area contributed by atoms with Crippen molar-refractivity contribution in [3.8, 4) is 22.8 Å². The molecule has 0 aliphatic rings. The van der Waals surface area contributed by atoms with Crippen molar-refractivity contribution in [1.29, 1.82) is 0 Å². The van der Waals surface area contributed by atoms with Crippen molar-refractivity contribution in [2.75, 3.05) is 14.2 Å². The van der Waals surface area contributed by atoms with Gasteiger partial charge in [-0.2, -0.15) is 0 Å². The summed E-state index contributed by atoms with van der Waals surface area (Å²) in [7, 11) is 3.21. The van der Waals surface area contributed by atoms with Gasteiger partial charge < -0.3 is 9.47 Å². The van der Waals surface area contributed by atoms with Crippen molar-refractivity contribution in [2.45, 2.75) is 5.16 Å². The molecule has 2 aromatic carbocycles. The SMILES string of the molecule is COc1ccc(C(=O)Sc2nccc(-c3ccc(OC)cc3)n2)cc1. The van der Waals surface area contributed by atoms with E-state index in [1.54, 1.807) is 44.7 Å². The fourth-order valence-electron chi connectivity index (χ4n) is 2.18. The number of ether oxygens (including phenoxy) is 2. The third-order valence-corrected chi connectivity index (χ3v) is 4.33. The van der Waals surface area contributed by atoms with Crippen molar-refractivity contribution in [1.82, 2.24) is 9.97 Å². The number of carbonyl (C=O) groups is 1. The van der Waals surface area contributed by atoms with E-state index < -0.39 is 0 Å². The molecule has 126 valence electrons. The lowest BCUT2D eigenvalue weighted by Gasteiger charge is -2.05. The van der Waals surface area contributed by atoms with E-state index in [9.17, 15) is 4.79 Å². The maximum atomic E-state index is 12.4. The molecule has 0 aliphatic heterocycles. The molecule has 25 heavy (non-hydrogen) atoms. The lowest BCUT2D eigenvalue weighted by Crippen LogP contribution is -1.97. The summed E-state index contributed by atoms with van der Waals surface area (Å²) >= 11 is 1.000. The van der Waals surface area contributed by atoms with Gasteiger partial charge in [0.25, 0.3) is 0 Å². The van der Waals surface area contributed by atoms with Gasteiger partial charge in [0.1, 0.15) is 11.5 Å². The normalized spacial score (nSPS) is 10.3. The number of carbonyl (C=O) groups excluding carboxylic acids is 1. The summed E-state index contributed by atoms with van der Waals surface area (Å²) in [6.45, 7) is 0. The fraction of sp³-hybridized carbons (Fsp3) is 0.105. The number of aromatic nitrogens is 2. The number of hydrogen-bond donors (Lipinski definition) is 0. The molecule has 1 aromatic heterocycles. The monoisotopic (exact) mass is 352 g/mol. The largest absolute Gasteiger partial charge is 0.497 e. The first-order valence-electron chi connectivity index (χ1n) is 7.53. The molecule has 0 bridgehead atoms. The minimum Gasteiger partial charge on any atom is -0.497 e. The van der Waals surface area contributed by atoms with Gasteiger partial charge in [0.2, 0.25) is 5.12 Å². The highest BCUT2D eigenvalue weighted by atomic mass is 32.2. The molecule has 0 amide bonds. The summed E-state index contributed by atoms with van der Waals surface area (Å²) in [6, 6.07) is 16.3. The molecule has 6 heteroatoms. The van der Waals surface area contributed by atoms with E-state index in [0.717, 1.165) is 28.8 Å². The molecule has 0 atom stereocenters. The summed E-state index contributed by atoms with van der Waals surface area (Å²) in [6.07, 6.45) is 1.65. The summed E-state index contributed by atoms with van der Waals surface area (Å²) in [5.41, 5.74) is 2.26. The first kappa shape index (κ1) is 17.0. The van der Waals surface area contributed by atoms with Crippen LogP contribution in [0.4, 0.5) is 0 Å². The smallest absolute Gasteiger partial charge is 0.227 e. The van der Waals surface area contributed by atoms with Gasteiger partial charge in [-0.1, -0.05) is 0 Å². The Balaban J connectivity index is 1.77. The van der Waals surface area contributed by atoms with Gasteiger partial charge in [0, 0.05) is 17.3 Å². The third-order valence-electron chi connectivity index (χ3n) is 3.53. The number of benzene rings is 2. The van der Waals surface area contributed by atoms with Crippen molar-refractivity contribution in [2.24, 2.45) is 0 Å². The van der Waals surface area contributed by atoms with Crippen LogP contribution in [0.3, 0.4) is 0 Å². The second kappa shape index (κ2) is 7.81. The van der Waals surface area contributed by atoms with E-state index in [1.165, 1.54) is 0 Å². The highest BCUT2D eigenvalue weighted by Crippen LogP contribution is 2.25. The predicted molar refractivity (Wildman–Crippen MR) is 97.2 cm³/mol. The van der Waals surface area contributed by atoms with Crippen LogP contribution >= 0.6 is 11.8 Å².